The molecule has 0 N–H and O–H groups in total. The average molecular weight is 1210 g/mol. The number of hydrogen-bond acceptors (Lipinski definition) is 3. The van der Waals surface area contributed by atoms with E-state index in [2.05, 4.69) is 328 Å². The van der Waals surface area contributed by atoms with Gasteiger partial charge in [-0.25, -0.2) is 15.0 Å². The van der Waals surface area contributed by atoms with Crippen LogP contribution in [0.4, 0.5) is 0 Å². The van der Waals surface area contributed by atoms with E-state index >= 15 is 0 Å². The van der Waals surface area contributed by atoms with Crippen molar-refractivity contribution < 1.29 is 0 Å². The van der Waals surface area contributed by atoms with E-state index in [1.165, 1.54) is 76.8 Å². The molecule has 5 heterocycles. The summed E-state index contributed by atoms with van der Waals surface area (Å²) in [4.78, 5) is 16.3. The lowest BCUT2D eigenvalue weighted by Gasteiger charge is -2.31. The number of hydrogen-bond donors (Lipinski definition) is 0. The summed E-state index contributed by atoms with van der Waals surface area (Å²) in [5, 5.41) is 9.43. The second-order valence-corrected chi connectivity index (χ2v) is 25.3. The minimum atomic E-state index is -0.589. The Bertz CT molecular complexity index is 6260. The summed E-state index contributed by atoms with van der Waals surface area (Å²) < 4.78 is 10.1. The lowest BCUT2D eigenvalue weighted by atomic mass is 9.69. The average Bonchev–Trinajstić information content (AvgIpc) is 1.51. The molecule has 19 aromatic rings. The fraction of sp³-hybridized carbons (Fsp3) is 0.0114. The van der Waals surface area contributed by atoms with Gasteiger partial charge in [0.1, 0.15) is 0 Å². The van der Waals surface area contributed by atoms with Crippen molar-refractivity contribution in [2.45, 2.75) is 5.41 Å². The van der Waals surface area contributed by atoms with E-state index in [0.29, 0.717) is 17.5 Å². The molecule has 7 nitrogen and oxygen atoms in total. The first-order valence-corrected chi connectivity index (χ1v) is 32.6. The quantitative estimate of drug-likeness (QED) is 0.160. The molecule has 0 amide bonds. The number of para-hydroxylation sites is 6. The van der Waals surface area contributed by atoms with Gasteiger partial charge in [-0.3, -0.25) is 0 Å². The molecule has 0 saturated carbocycles. The van der Waals surface area contributed by atoms with E-state index in [0.717, 1.165) is 94.3 Å². The van der Waals surface area contributed by atoms with Gasteiger partial charge in [-0.2, -0.15) is 0 Å². The summed E-state index contributed by atoms with van der Waals surface area (Å²) in [6.07, 6.45) is 0. The van der Waals surface area contributed by atoms with Gasteiger partial charge in [-0.05, 0) is 117 Å². The van der Waals surface area contributed by atoms with Crippen molar-refractivity contribution in [1.29, 1.82) is 0 Å². The molecule has 0 radical (unpaired) electrons. The minimum absolute atomic E-state index is 0.564. The van der Waals surface area contributed by atoms with Crippen molar-refractivity contribution in [3.63, 3.8) is 0 Å². The van der Waals surface area contributed by atoms with Crippen LogP contribution < -0.4 is 0 Å². The topological polar surface area (TPSA) is 58.4 Å². The molecule has 5 aromatic heterocycles. The van der Waals surface area contributed by atoms with Crippen molar-refractivity contribution in [1.82, 2.24) is 33.2 Å². The van der Waals surface area contributed by atoms with Gasteiger partial charge in [0.2, 0.25) is 0 Å². The SMILES string of the molecule is c1ccc(-c2nc(-c3ccccc3)nc(-c3cc(-n4c5ccccc5c5c6c(ccc54)-c4ccccc4C64c5ccccc5-c5ccccc54)cc(-n4c5ccccc5c5c6c(c7ccccc7n6-c6ccccc6)c6c(c7ccccc7n6-c6ccccc6)c54)c3)n2)cc1. The Balaban J connectivity index is 0.949. The lowest BCUT2D eigenvalue weighted by molar-refractivity contribution is 0.802. The molecule has 440 valence electrons. The van der Waals surface area contributed by atoms with Crippen LogP contribution in [-0.4, -0.2) is 33.2 Å². The van der Waals surface area contributed by atoms with Crippen LogP contribution in [-0.2, 0) is 5.41 Å². The van der Waals surface area contributed by atoms with Crippen LogP contribution in [0.2, 0.25) is 0 Å². The number of nitrogens with zero attached hydrogens (tertiary/aromatic N) is 7. The zero-order chi connectivity index (χ0) is 62.0. The fourth-order valence-electron chi connectivity index (χ4n) is 17.0. The first kappa shape index (κ1) is 52.0. The normalized spacial score (nSPS) is 12.9. The van der Waals surface area contributed by atoms with E-state index < -0.39 is 5.41 Å². The van der Waals surface area contributed by atoms with Gasteiger partial charge in [0.05, 0.1) is 49.5 Å². The molecule has 0 aliphatic heterocycles. The van der Waals surface area contributed by atoms with Crippen molar-refractivity contribution in [3.05, 3.63) is 344 Å². The predicted octanol–water partition coefficient (Wildman–Crippen LogP) is 21.6. The molecule has 7 heteroatoms. The van der Waals surface area contributed by atoms with Gasteiger partial charge in [0.15, 0.2) is 17.5 Å². The van der Waals surface area contributed by atoms with Gasteiger partial charge >= 0.3 is 0 Å². The van der Waals surface area contributed by atoms with E-state index in [1.54, 1.807) is 0 Å². The van der Waals surface area contributed by atoms with Crippen LogP contribution in [0.25, 0.3) is 166 Å². The van der Waals surface area contributed by atoms with Crippen LogP contribution in [0.1, 0.15) is 22.3 Å². The maximum absolute atomic E-state index is 5.55. The van der Waals surface area contributed by atoms with Crippen LogP contribution in [0, 0.1) is 0 Å². The monoisotopic (exact) mass is 1210 g/mol. The molecule has 0 fully saturated rings. The Morgan fingerprint density at radius 3 is 0.989 bits per heavy atom. The van der Waals surface area contributed by atoms with Crippen LogP contribution in [0.5, 0.6) is 0 Å². The zero-order valence-corrected chi connectivity index (χ0v) is 51.2. The lowest BCUT2D eigenvalue weighted by Crippen LogP contribution is -2.26. The molecule has 21 rings (SSSR count). The molecule has 0 saturated heterocycles. The Morgan fingerprint density at radius 2 is 0.547 bits per heavy atom. The summed E-state index contributed by atoms with van der Waals surface area (Å²) in [6, 6.07) is 118. The highest BCUT2D eigenvalue weighted by Crippen LogP contribution is 2.65. The second kappa shape index (κ2) is 19.7. The van der Waals surface area contributed by atoms with Crippen LogP contribution >= 0.6 is 0 Å². The Kier molecular flexibility index (Phi) is 10.8. The van der Waals surface area contributed by atoms with Crippen LogP contribution in [0.15, 0.2) is 322 Å². The Hall–Kier alpha value is -12.7. The van der Waals surface area contributed by atoms with Gasteiger partial charge in [0, 0.05) is 82.5 Å². The highest BCUT2D eigenvalue weighted by molar-refractivity contribution is 6.40. The molecule has 2 aliphatic carbocycles. The fourth-order valence-corrected chi connectivity index (χ4v) is 17.0. The van der Waals surface area contributed by atoms with Gasteiger partial charge < -0.3 is 18.3 Å². The number of benzene rings is 14. The molecular formula is C88H53N7. The number of rotatable bonds is 7. The maximum Gasteiger partial charge on any atom is 0.164 e. The second-order valence-electron chi connectivity index (χ2n) is 25.3. The highest BCUT2D eigenvalue weighted by atomic mass is 15.1. The van der Waals surface area contributed by atoms with Crippen molar-refractivity contribution >= 4 is 87.2 Å². The number of fused-ring (bicyclic) bond motifs is 26. The van der Waals surface area contributed by atoms with Gasteiger partial charge in [-0.1, -0.05) is 249 Å². The van der Waals surface area contributed by atoms with E-state index in [4.69, 9.17) is 15.0 Å². The first-order chi connectivity index (χ1) is 47.2. The summed E-state index contributed by atoms with van der Waals surface area (Å²) >= 11 is 0. The largest absolute Gasteiger partial charge is 0.309 e. The summed E-state index contributed by atoms with van der Waals surface area (Å²) in [5.41, 5.74) is 25.4. The summed E-state index contributed by atoms with van der Waals surface area (Å²) in [7, 11) is 0. The van der Waals surface area contributed by atoms with Crippen molar-refractivity contribution in [3.8, 4) is 79.2 Å². The molecule has 14 aromatic carbocycles. The third-order valence-electron chi connectivity index (χ3n) is 20.5. The van der Waals surface area contributed by atoms with E-state index in [-0.39, 0.29) is 0 Å². The van der Waals surface area contributed by atoms with Crippen molar-refractivity contribution in [2.24, 2.45) is 0 Å². The molecule has 2 aliphatic rings. The minimum Gasteiger partial charge on any atom is -0.309 e. The third kappa shape index (κ3) is 7.05. The van der Waals surface area contributed by atoms with Gasteiger partial charge in [-0.15, -0.1) is 0 Å². The third-order valence-corrected chi connectivity index (χ3v) is 20.5. The molecule has 0 atom stereocenters. The zero-order valence-electron chi connectivity index (χ0n) is 51.2. The van der Waals surface area contributed by atoms with Crippen LogP contribution in [0.3, 0.4) is 0 Å². The number of aromatic nitrogens is 7. The summed E-state index contributed by atoms with van der Waals surface area (Å²) in [5.74, 6) is 1.76. The van der Waals surface area contributed by atoms with E-state index in [1.807, 2.05) is 12.1 Å². The standard InChI is InChI=1S/C88H53N7/c1-5-27-54(28-6-1)85-89-86(55-29-7-2-8-30-55)91-87(90-85)56-51-59(92-72-45-23-16-38-65(72)77-76(92)50-49-64-63-37-15-22-44-71(63)88(81(64)77)69-42-20-13-35-61(69)62-36-14-21-43-70(62)88)53-60(52-56)95-75-48-26-19-41-68(75)80-83-78(66-39-17-24-46-73(66)93(83)57-31-9-3-10-32-57)82-79(84(80)95)67-40-18-25-47-74(67)94(82)58-33-11-4-12-34-58/h1-53H. The molecule has 0 unspecified atom stereocenters. The Morgan fingerprint density at radius 1 is 0.221 bits per heavy atom. The Labute approximate surface area is 545 Å². The van der Waals surface area contributed by atoms with Gasteiger partial charge in [0.25, 0.3) is 0 Å². The molecular weight excluding hydrogens is 1160 g/mol. The smallest absolute Gasteiger partial charge is 0.164 e. The van der Waals surface area contributed by atoms with Crippen molar-refractivity contribution in [2.75, 3.05) is 0 Å². The summed E-state index contributed by atoms with van der Waals surface area (Å²) in [6.45, 7) is 0. The van der Waals surface area contributed by atoms with E-state index in [9.17, 15) is 0 Å². The first-order valence-electron chi connectivity index (χ1n) is 32.6. The molecule has 95 heavy (non-hydrogen) atoms. The highest BCUT2D eigenvalue weighted by Gasteiger charge is 2.53. The predicted molar refractivity (Wildman–Crippen MR) is 390 cm³/mol. The molecule has 0 bridgehead atoms. The molecule has 1 spiro atoms. The maximum atomic E-state index is 5.55.